The molecule has 0 rings (SSSR count). The average Bonchev–Trinajstić information content (AvgIpc) is 2.89. The molecule has 0 aromatic heterocycles. The zero-order valence-corrected chi connectivity index (χ0v) is 23.0. The fraction of sp³-hybridized carbons (Fsp3) is 0.143. The van der Waals surface area contributed by atoms with Crippen molar-refractivity contribution in [3.63, 3.8) is 0 Å². The second-order valence-electron chi connectivity index (χ2n) is 6.51. The van der Waals surface area contributed by atoms with Gasteiger partial charge in [0.25, 0.3) is 0 Å². The maximum Gasteiger partial charge on any atom is 0.330 e. The van der Waals surface area contributed by atoms with Crippen LogP contribution in [0.2, 0.25) is 0 Å². The van der Waals surface area contributed by atoms with Crippen LogP contribution in [0.4, 0.5) is 0 Å². The van der Waals surface area contributed by atoms with Crippen molar-refractivity contribution in [2.75, 3.05) is 0 Å². The van der Waals surface area contributed by atoms with E-state index in [1.54, 1.807) is 0 Å². The van der Waals surface area contributed by atoms with Crippen LogP contribution in [0, 0.1) is 0 Å². The fourth-order valence-corrected chi connectivity index (χ4v) is 0.455. The van der Waals surface area contributed by atoms with Gasteiger partial charge in [0.15, 0.2) is 0 Å². The Kier molecular flexibility index (Phi) is 40.0. The quantitative estimate of drug-likeness (QED) is 0.179. The zero-order chi connectivity index (χ0) is 34.8. The fourth-order valence-electron chi connectivity index (χ4n) is 0.455. The third kappa shape index (κ3) is 54.4. The molecule has 14 nitrogen and oxygen atoms in total. The molecule has 0 bridgehead atoms. The first kappa shape index (κ1) is 48.6. The molecule has 0 aromatic rings. The second-order valence-corrected chi connectivity index (χ2v) is 6.51. The van der Waals surface area contributed by atoms with Crippen molar-refractivity contribution in [1.29, 1.82) is 0 Å². The maximum atomic E-state index is 9.70. The van der Waals surface area contributed by atoms with Crippen molar-refractivity contribution in [2.24, 2.45) is 0 Å². The first-order chi connectivity index (χ1) is 19.3. The van der Waals surface area contributed by atoms with Crippen LogP contribution < -0.4 is 0 Å². The Morgan fingerprint density at radius 3 is 0.595 bits per heavy atom. The summed E-state index contributed by atoms with van der Waals surface area (Å²) in [6, 6.07) is 0. The van der Waals surface area contributed by atoms with Crippen LogP contribution >= 0.6 is 0 Å². The van der Waals surface area contributed by atoms with Crippen molar-refractivity contribution < 1.29 is 68.4 Å². The van der Waals surface area contributed by atoms with E-state index in [0.717, 1.165) is 24.3 Å². The van der Waals surface area contributed by atoms with E-state index >= 15 is 0 Å². The summed E-state index contributed by atoms with van der Waals surface area (Å²) < 4.78 is 0. The van der Waals surface area contributed by atoms with Crippen molar-refractivity contribution in [1.82, 2.24) is 0 Å². The topological polar surface area (TPSA) is 252 Å². The Morgan fingerprint density at radius 1 is 0.429 bits per heavy atom. The number of hydrogen-bond acceptors (Lipinski definition) is 10. The molecule has 0 heterocycles. The van der Waals surface area contributed by atoms with Gasteiger partial charge in [-0.25, -0.2) is 47.9 Å². The number of carboxylic acids is 4. The lowest BCUT2D eigenvalue weighted by atomic mass is 10.3. The maximum absolute atomic E-state index is 9.70. The number of carboxylic acid groups (broad SMARTS) is 4. The SMILES string of the molecule is C=C(C)C(=O)O.C=C(C)C(=O)O.C=C(C)C(=O)O.C=C(C)C(=O)O.O=C=CC(=C=O)C=C=O.O=C=CC(=C=O)C=C=O. The Labute approximate surface area is 240 Å². The normalized spacial score (nSPS) is 6.76. The molecule has 0 saturated heterocycles. The van der Waals surface area contributed by atoms with Gasteiger partial charge in [-0.2, -0.15) is 0 Å². The number of carbonyl (C=O) groups excluding carboxylic acids is 6. The molecule has 4 N–H and O–H groups in total. The number of hydrogen-bond donors (Lipinski definition) is 4. The number of rotatable bonds is 8. The standard InChI is InChI=1S/2C6H2O3.4C4H6O2/c2*7-3-1-6(5-9)2-4-8;4*1-3(2)4(5)6/h2*1-2H;4*1H2,2H3,(H,5,6). The summed E-state index contributed by atoms with van der Waals surface area (Å²) in [5, 5.41) is 31.6. The predicted octanol–water partition coefficient (Wildman–Crippen LogP) is 1.63. The monoisotopic (exact) mass is 588 g/mol. The lowest BCUT2D eigenvalue weighted by Gasteiger charge is -1.79. The van der Waals surface area contributed by atoms with Gasteiger partial charge in [-0.1, -0.05) is 26.3 Å². The highest BCUT2D eigenvalue weighted by Gasteiger charge is 1.92. The van der Waals surface area contributed by atoms with E-state index in [4.69, 9.17) is 20.4 Å². The third-order valence-electron chi connectivity index (χ3n) is 2.55. The van der Waals surface area contributed by atoms with E-state index in [1.165, 1.54) is 63.3 Å². The van der Waals surface area contributed by atoms with Crippen molar-refractivity contribution in [3.8, 4) is 0 Å². The Bertz CT molecular complexity index is 1070. The second kappa shape index (κ2) is 34.5. The molecule has 0 radical (unpaired) electrons. The number of carbonyl (C=O) groups is 4. The van der Waals surface area contributed by atoms with Gasteiger partial charge >= 0.3 is 23.9 Å². The minimum atomic E-state index is -0.935. The van der Waals surface area contributed by atoms with Crippen LogP contribution in [-0.2, 0) is 47.9 Å². The Balaban J connectivity index is -0.0000000936. The summed E-state index contributed by atoms with van der Waals surface area (Å²) in [7, 11) is 0. The average molecular weight is 589 g/mol. The Hall–Kier alpha value is -6.46. The molecule has 0 unspecified atom stereocenters. The molecule has 0 amide bonds. The van der Waals surface area contributed by atoms with Crippen molar-refractivity contribution in [3.05, 3.63) is 84.1 Å². The lowest BCUT2D eigenvalue weighted by molar-refractivity contribution is -0.133. The van der Waals surface area contributed by atoms with E-state index in [0.29, 0.717) is 0 Å². The van der Waals surface area contributed by atoms with E-state index in [-0.39, 0.29) is 33.4 Å². The minimum absolute atomic E-state index is 0.153. The molecule has 224 valence electrons. The van der Waals surface area contributed by atoms with Crippen molar-refractivity contribution >= 4 is 59.5 Å². The third-order valence-corrected chi connectivity index (χ3v) is 2.55. The van der Waals surface area contributed by atoms with E-state index in [2.05, 4.69) is 26.3 Å². The zero-order valence-electron chi connectivity index (χ0n) is 23.0. The Morgan fingerprint density at radius 2 is 0.548 bits per heavy atom. The molecular formula is C28H28O14. The first-order valence-corrected chi connectivity index (χ1v) is 10.2. The summed E-state index contributed by atoms with van der Waals surface area (Å²) in [5.41, 5.74) is 0.398. The minimum Gasteiger partial charge on any atom is -0.478 e. The van der Waals surface area contributed by atoms with Crippen molar-refractivity contribution in [2.45, 2.75) is 27.7 Å². The van der Waals surface area contributed by atoms with Gasteiger partial charge in [-0.3, -0.25) is 0 Å². The van der Waals surface area contributed by atoms with Gasteiger partial charge in [-0.15, -0.1) is 0 Å². The van der Waals surface area contributed by atoms with Gasteiger partial charge in [0, 0.05) is 46.6 Å². The smallest absolute Gasteiger partial charge is 0.330 e. The molecule has 0 aromatic carbocycles. The van der Waals surface area contributed by atoms with Crippen LogP contribution in [0.15, 0.2) is 84.1 Å². The molecule has 0 atom stereocenters. The van der Waals surface area contributed by atoms with Crippen LogP contribution in [0.25, 0.3) is 0 Å². The predicted molar refractivity (Wildman–Crippen MR) is 149 cm³/mol. The first-order valence-electron chi connectivity index (χ1n) is 10.2. The van der Waals surface area contributed by atoms with Gasteiger partial charge in [0.1, 0.15) is 35.6 Å². The van der Waals surface area contributed by atoms with Gasteiger partial charge in [-0.05, 0) is 27.7 Å². The highest BCUT2D eigenvalue weighted by atomic mass is 16.4. The highest BCUT2D eigenvalue weighted by molar-refractivity contribution is 5.86. The molecule has 0 aliphatic heterocycles. The molecule has 0 spiro atoms. The molecule has 0 aliphatic carbocycles. The summed E-state index contributed by atoms with van der Waals surface area (Å²) in [5.74, 6) is 4.20. The van der Waals surface area contributed by atoms with E-state index < -0.39 is 23.9 Å². The molecule has 14 heteroatoms. The lowest BCUT2D eigenvalue weighted by Crippen LogP contribution is -1.92. The number of aliphatic carboxylic acids is 4. The van der Waals surface area contributed by atoms with Crippen LogP contribution in [0.5, 0.6) is 0 Å². The van der Waals surface area contributed by atoms with Gasteiger partial charge in [0.05, 0.1) is 11.1 Å². The van der Waals surface area contributed by atoms with Gasteiger partial charge in [0.2, 0.25) is 0 Å². The van der Waals surface area contributed by atoms with E-state index in [9.17, 15) is 47.9 Å². The summed E-state index contributed by atoms with van der Waals surface area (Å²) in [4.78, 5) is 95.9. The molecule has 0 fully saturated rings. The molecule has 42 heavy (non-hydrogen) atoms. The number of allylic oxidation sites excluding steroid dienone is 6. The van der Waals surface area contributed by atoms with Gasteiger partial charge < -0.3 is 20.4 Å². The van der Waals surface area contributed by atoms with Crippen LogP contribution in [0.1, 0.15) is 27.7 Å². The van der Waals surface area contributed by atoms with E-state index in [1.807, 2.05) is 0 Å². The summed E-state index contributed by atoms with van der Waals surface area (Å²) in [6.45, 7) is 18.4. The highest BCUT2D eigenvalue weighted by Crippen LogP contribution is 1.85. The molecule has 0 saturated carbocycles. The molecular weight excluding hydrogens is 560 g/mol. The van der Waals surface area contributed by atoms with Crippen LogP contribution in [-0.4, -0.2) is 80.0 Å². The summed E-state index contributed by atoms with van der Waals surface area (Å²) in [6.07, 6.45) is 3.21. The molecule has 0 aliphatic rings. The largest absolute Gasteiger partial charge is 0.478 e. The summed E-state index contributed by atoms with van der Waals surface area (Å²) >= 11 is 0. The van der Waals surface area contributed by atoms with Crippen LogP contribution in [0.3, 0.4) is 0 Å².